The molecule has 1 aromatic carbocycles. The molecule has 0 aliphatic carbocycles. The molecule has 0 spiro atoms. The Balaban J connectivity index is 1.61. The van der Waals surface area contributed by atoms with Crippen LogP contribution in [0.3, 0.4) is 0 Å². The number of hydrogen-bond acceptors (Lipinski definition) is 4. The fraction of sp³-hybridized carbons (Fsp3) is 0.500. The SMILES string of the molecule is O=C(OCC1CCCO1)c1ccc2c(c1)CCN2. The monoisotopic (exact) mass is 247 g/mol. The summed E-state index contributed by atoms with van der Waals surface area (Å²) in [6.45, 7) is 2.10. The van der Waals surface area contributed by atoms with Crippen LogP contribution < -0.4 is 5.32 Å². The third-order valence-corrected chi connectivity index (χ3v) is 3.48. The Morgan fingerprint density at radius 1 is 1.50 bits per heavy atom. The maximum Gasteiger partial charge on any atom is 0.338 e. The molecule has 2 aliphatic rings. The van der Waals surface area contributed by atoms with Crippen LogP contribution in [0.2, 0.25) is 0 Å². The number of rotatable bonds is 3. The minimum Gasteiger partial charge on any atom is -0.459 e. The first-order valence-corrected chi connectivity index (χ1v) is 6.48. The smallest absolute Gasteiger partial charge is 0.338 e. The molecule has 1 N–H and O–H groups in total. The number of ether oxygens (including phenoxy) is 2. The number of carbonyl (C=O) groups is 1. The van der Waals surface area contributed by atoms with E-state index in [0.717, 1.165) is 38.1 Å². The Labute approximate surface area is 106 Å². The van der Waals surface area contributed by atoms with E-state index in [0.29, 0.717) is 12.2 Å². The third kappa shape index (κ3) is 2.34. The summed E-state index contributed by atoms with van der Waals surface area (Å²) in [6, 6.07) is 5.69. The summed E-state index contributed by atoms with van der Waals surface area (Å²) in [4.78, 5) is 11.9. The van der Waals surface area contributed by atoms with Gasteiger partial charge < -0.3 is 14.8 Å². The highest BCUT2D eigenvalue weighted by molar-refractivity contribution is 5.90. The van der Waals surface area contributed by atoms with Gasteiger partial charge in [-0.15, -0.1) is 0 Å². The lowest BCUT2D eigenvalue weighted by molar-refractivity contribution is 0.0161. The van der Waals surface area contributed by atoms with Crippen molar-refractivity contribution >= 4 is 11.7 Å². The highest BCUT2D eigenvalue weighted by Crippen LogP contribution is 2.23. The summed E-state index contributed by atoms with van der Waals surface area (Å²) in [5.41, 5.74) is 2.96. The Kier molecular flexibility index (Phi) is 3.19. The molecule has 0 saturated carbocycles. The van der Waals surface area contributed by atoms with E-state index in [1.807, 2.05) is 18.2 Å². The van der Waals surface area contributed by atoms with Crippen LogP contribution in [0.1, 0.15) is 28.8 Å². The molecular weight excluding hydrogens is 230 g/mol. The molecular formula is C14H17NO3. The molecule has 1 saturated heterocycles. The predicted molar refractivity (Wildman–Crippen MR) is 67.9 cm³/mol. The highest BCUT2D eigenvalue weighted by atomic mass is 16.6. The molecule has 0 amide bonds. The van der Waals surface area contributed by atoms with Gasteiger partial charge in [0.25, 0.3) is 0 Å². The van der Waals surface area contributed by atoms with E-state index in [1.165, 1.54) is 5.56 Å². The van der Waals surface area contributed by atoms with Gasteiger partial charge in [0.1, 0.15) is 6.61 Å². The molecule has 3 rings (SSSR count). The van der Waals surface area contributed by atoms with Gasteiger partial charge >= 0.3 is 5.97 Å². The van der Waals surface area contributed by atoms with Crippen LogP contribution >= 0.6 is 0 Å². The van der Waals surface area contributed by atoms with E-state index >= 15 is 0 Å². The molecule has 0 radical (unpaired) electrons. The maximum absolute atomic E-state index is 11.9. The fourth-order valence-electron chi connectivity index (χ4n) is 2.46. The van der Waals surface area contributed by atoms with Crippen molar-refractivity contribution in [2.75, 3.05) is 25.1 Å². The molecule has 1 unspecified atom stereocenters. The molecule has 1 atom stereocenters. The zero-order valence-corrected chi connectivity index (χ0v) is 10.3. The van der Waals surface area contributed by atoms with Crippen LogP contribution in [0.15, 0.2) is 18.2 Å². The summed E-state index contributed by atoms with van der Waals surface area (Å²) in [5, 5.41) is 3.27. The second-order valence-electron chi connectivity index (χ2n) is 4.78. The lowest BCUT2D eigenvalue weighted by Gasteiger charge is -2.10. The van der Waals surface area contributed by atoms with Crippen LogP contribution in [0.5, 0.6) is 0 Å². The largest absolute Gasteiger partial charge is 0.459 e. The minimum atomic E-state index is -0.250. The Morgan fingerprint density at radius 3 is 3.28 bits per heavy atom. The van der Waals surface area contributed by atoms with Crippen LogP contribution in [0.4, 0.5) is 5.69 Å². The number of benzene rings is 1. The van der Waals surface area contributed by atoms with Crippen molar-refractivity contribution < 1.29 is 14.3 Å². The van der Waals surface area contributed by atoms with Gasteiger partial charge in [0.05, 0.1) is 11.7 Å². The molecule has 2 aliphatic heterocycles. The van der Waals surface area contributed by atoms with E-state index in [9.17, 15) is 4.79 Å². The van der Waals surface area contributed by atoms with Gasteiger partial charge in [-0.2, -0.15) is 0 Å². The first-order chi connectivity index (χ1) is 8.83. The molecule has 4 heteroatoms. The normalized spacial score (nSPS) is 21.4. The van der Waals surface area contributed by atoms with Crippen molar-refractivity contribution in [3.8, 4) is 0 Å². The second kappa shape index (κ2) is 4.98. The number of hydrogen-bond donors (Lipinski definition) is 1. The van der Waals surface area contributed by atoms with Crippen molar-refractivity contribution in [2.45, 2.75) is 25.4 Å². The second-order valence-corrected chi connectivity index (χ2v) is 4.78. The van der Waals surface area contributed by atoms with Crippen LogP contribution in [0.25, 0.3) is 0 Å². The summed E-state index contributed by atoms with van der Waals surface area (Å²) >= 11 is 0. The first kappa shape index (κ1) is 11.5. The number of fused-ring (bicyclic) bond motifs is 1. The van der Waals surface area contributed by atoms with E-state index in [2.05, 4.69) is 5.32 Å². The van der Waals surface area contributed by atoms with Crippen molar-refractivity contribution in [2.24, 2.45) is 0 Å². The predicted octanol–water partition coefficient (Wildman–Crippen LogP) is 1.99. The summed E-state index contributed by atoms with van der Waals surface area (Å²) in [7, 11) is 0. The Hall–Kier alpha value is -1.55. The van der Waals surface area contributed by atoms with Crippen molar-refractivity contribution in [3.05, 3.63) is 29.3 Å². The van der Waals surface area contributed by atoms with Crippen LogP contribution in [0, 0.1) is 0 Å². The summed E-state index contributed by atoms with van der Waals surface area (Å²) in [5.74, 6) is -0.250. The van der Waals surface area contributed by atoms with E-state index in [-0.39, 0.29) is 12.1 Å². The molecule has 1 aromatic rings. The average molecular weight is 247 g/mol. The lowest BCUT2D eigenvalue weighted by atomic mass is 10.1. The molecule has 18 heavy (non-hydrogen) atoms. The third-order valence-electron chi connectivity index (χ3n) is 3.48. The van der Waals surface area contributed by atoms with Gasteiger partial charge in [0.2, 0.25) is 0 Å². The van der Waals surface area contributed by atoms with Crippen molar-refractivity contribution in [3.63, 3.8) is 0 Å². The molecule has 0 aromatic heterocycles. The number of esters is 1. The summed E-state index contributed by atoms with van der Waals surface area (Å²) in [6.07, 6.45) is 3.11. The van der Waals surface area contributed by atoms with E-state index in [1.54, 1.807) is 0 Å². The van der Waals surface area contributed by atoms with Gasteiger partial charge in [-0.3, -0.25) is 0 Å². The zero-order valence-electron chi connectivity index (χ0n) is 10.3. The first-order valence-electron chi connectivity index (χ1n) is 6.48. The van der Waals surface area contributed by atoms with Gasteiger partial charge in [0.15, 0.2) is 0 Å². The standard InChI is InChI=1S/C14H17NO3/c16-14(18-9-12-2-1-7-17-12)11-3-4-13-10(8-11)5-6-15-13/h3-4,8,12,15H,1-2,5-7,9H2. The summed E-state index contributed by atoms with van der Waals surface area (Å²) < 4.78 is 10.7. The molecule has 2 heterocycles. The quantitative estimate of drug-likeness (QED) is 0.830. The fourth-order valence-corrected chi connectivity index (χ4v) is 2.46. The number of nitrogens with one attached hydrogen (secondary N) is 1. The number of carbonyl (C=O) groups excluding carboxylic acids is 1. The molecule has 1 fully saturated rings. The Morgan fingerprint density at radius 2 is 2.44 bits per heavy atom. The molecule has 96 valence electrons. The van der Waals surface area contributed by atoms with Crippen molar-refractivity contribution in [1.29, 1.82) is 0 Å². The zero-order chi connectivity index (χ0) is 12.4. The van der Waals surface area contributed by atoms with Crippen molar-refractivity contribution in [1.82, 2.24) is 0 Å². The minimum absolute atomic E-state index is 0.0880. The highest BCUT2D eigenvalue weighted by Gasteiger charge is 2.19. The topological polar surface area (TPSA) is 47.6 Å². The molecule has 4 nitrogen and oxygen atoms in total. The van der Waals surface area contributed by atoms with Gasteiger partial charge in [-0.05, 0) is 43.0 Å². The van der Waals surface area contributed by atoms with Gasteiger partial charge in [-0.1, -0.05) is 0 Å². The van der Waals surface area contributed by atoms with E-state index in [4.69, 9.17) is 9.47 Å². The van der Waals surface area contributed by atoms with Gasteiger partial charge in [0, 0.05) is 18.8 Å². The molecule has 0 bridgehead atoms. The number of anilines is 1. The van der Waals surface area contributed by atoms with Crippen LogP contribution in [-0.4, -0.2) is 31.8 Å². The lowest BCUT2D eigenvalue weighted by Crippen LogP contribution is -2.17. The Bertz CT molecular complexity index is 452. The van der Waals surface area contributed by atoms with Crippen LogP contribution in [-0.2, 0) is 15.9 Å². The maximum atomic E-state index is 11.9. The van der Waals surface area contributed by atoms with E-state index < -0.39 is 0 Å². The average Bonchev–Trinajstić information content (AvgIpc) is 3.05. The van der Waals surface area contributed by atoms with Gasteiger partial charge in [-0.25, -0.2) is 4.79 Å².